The fraction of sp³-hybridized carbons (Fsp3) is 0.158. The second kappa shape index (κ2) is 7.85. The van der Waals surface area contributed by atoms with Crippen LogP contribution in [0.5, 0.6) is 5.75 Å². The van der Waals surface area contributed by atoms with Crippen molar-refractivity contribution in [1.82, 2.24) is 9.78 Å². The van der Waals surface area contributed by atoms with Crippen LogP contribution < -0.4 is 10.1 Å². The Balaban J connectivity index is 1.80. The summed E-state index contributed by atoms with van der Waals surface area (Å²) in [6.07, 6.45) is 0.611. The molecule has 5 nitrogen and oxygen atoms in total. The first-order valence-corrected chi connectivity index (χ1v) is 8.23. The highest BCUT2D eigenvalue weighted by molar-refractivity contribution is 6.30. The fourth-order valence-electron chi connectivity index (χ4n) is 2.51. The van der Waals surface area contributed by atoms with E-state index in [1.807, 2.05) is 55.5 Å². The van der Waals surface area contributed by atoms with E-state index in [-0.39, 0.29) is 0 Å². The van der Waals surface area contributed by atoms with E-state index in [2.05, 4.69) is 10.4 Å². The maximum atomic E-state index is 10.6. The van der Waals surface area contributed by atoms with Gasteiger partial charge in [0.05, 0.1) is 6.54 Å². The molecule has 0 atom stereocenters. The summed E-state index contributed by atoms with van der Waals surface area (Å²) in [7, 11) is 0. The lowest BCUT2D eigenvalue weighted by atomic mass is 10.2. The lowest BCUT2D eigenvalue weighted by Crippen LogP contribution is -2.07. The number of halogens is 1. The molecule has 25 heavy (non-hydrogen) atoms. The zero-order chi connectivity index (χ0) is 17.6. The van der Waals surface area contributed by atoms with Crippen LogP contribution in [0.1, 0.15) is 16.8 Å². The van der Waals surface area contributed by atoms with Crippen LogP contribution in [0.4, 0.5) is 5.82 Å². The van der Waals surface area contributed by atoms with Crippen molar-refractivity contribution in [1.29, 1.82) is 0 Å². The van der Waals surface area contributed by atoms with Crippen molar-refractivity contribution in [3.8, 4) is 5.75 Å². The Hall–Kier alpha value is -2.79. The number of nitrogens with zero attached hydrogens (tertiary/aromatic N) is 2. The minimum Gasteiger partial charge on any atom is -0.489 e. The van der Waals surface area contributed by atoms with Crippen LogP contribution in [0.15, 0.2) is 54.6 Å². The van der Waals surface area contributed by atoms with Crippen LogP contribution in [0.25, 0.3) is 0 Å². The molecule has 3 aromatic rings. The minimum absolute atomic E-state index is 0.478. The third kappa shape index (κ3) is 4.39. The average Bonchev–Trinajstić information content (AvgIpc) is 2.95. The standard InChI is InChI=1S/C19H18ClN3O2/c1-14-9-19(21-13-24)22-23(14)11-16-10-17(20)7-8-18(16)25-12-15-5-3-2-4-6-15/h2-10,13H,11-12H2,1H3,(H,21,22,24). The number of nitrogens with one attached hydrogen (secondary N) is 1. The molecule has 0 bridgehead atoms. The molecule has 0 unspecified atom stereocenters. The van der Waals surface area contributed by atoms with Gasteiger partial charge < -0.3 is 10.1 Å². The monoisotopic (exact) mass is 355 g/mol. The molecule has 0 saturated carbocycles. The third-order valence-corrected chi connectivity index (χ3v) is 4.00. The molecule has 128 valence electrons. The van der Waals surface area contributed by atoms with Gasteiger partial charge in [0.15, 0.2) is 5.82 Å². The Kier molecular flexibility index (Phi) is 5.36. The number of amides is 1. The zero-order valence-electron chi connectivity index (χ0n) is 13.8. The van der Waals surface area contributed by atoms with Gasteiger partial charge in [-0.15, -0.1) is 0 Å². The van der Waals surface area contributed by atoms with Crippen molar-refractivity contribution in [2.45, 2.75) is 20.1 Å². The van der Waals surface area contributed by atoms with Crippen molar-refractivity contribution < 1.29 is 9.53 Å². The van der Waals surface area contributed by atoms with Gasteiger partial charge in [0.1, 0.15) is 12.4 Å². The summed E-state index contributed by atoms with van der Waals surface area (Å²) in [6.45, 7) is 2.90. The summed E-state index contributed by atoms with van der Waals surface area (Å²) >= 11 is 6.15. The smallest absolute Gasteiger partial charge is 0.212 e. The molecule has 0 aliphatic carbocycles. The number of hydrogen-bond donors (Lipinski definition) is 1. The Bertz CT molecular complexity index is 862. The van der Waals surface area contributed by atoms with E-state index < -0.39 is 0 Å². The Morgan fingerprint density at radius 2 is 2.00 bits per heavy atom. The first-order chi connectivity index (χ1) is 12.2. The van der Waals surface area contributed by atoms with Crippen LogP contribution >= 0.6 is 11.6 Å². The van der Waals surface area contributed by atoms with E-state index in [9.17, 15) is 4.79 Å². The van der Waals surface area contributed by atoms with E-state index in [0.29, 0.717) is 30.4 Å². The van der Waals surface area contributed by atoms with Crippen LogP contribution in [0.3, 0.4) is 0 Å². The zero-order valence-corrected chi connectivity index (χ0v) is 14.5. The van der Waals surface area contributed by atoms with E-state index in [1.165, 1.54) is 0 Å². The highest BCUT2D eigenvalue weighted by atomic mass is 35.5. The lowest BCUT2D eigenvalue weighted by molar-refractivity contribution is -0.105. The van der Waals surface area contributed by atoms with Crippen molar-refractivity contribution in [3.63, 3.8) is 0 Å². The van der Waals surface area contributed by atoms with Crippen molar-refractivity contribution in [2.24, 2.45) is 0 Å². The van der Waals surface area contributed by atoms with Crippen LogP contribution in [0.2, 0.25) is 5.02 Å². The predicted molar refractivity (Wildman–Crippen MR) is 98.0 cm³/mol. The molecule has 0 fully saturated rings. The molecule has 1 N–H and O–H groups in total. The molecule has 1 heterocycles. The minimum atomic E-state index is 0.478. The topological polar surface area (TPSA) is 56.2 Å². The summed E-state index contributed by atoms with van der Waals surface area (Å²) in [6, 6.07) is 17.3. The number of hydrogen-bond acceptors (Lipinski definition) is 3. The van der Waals surface area contributed by atoms with Gasteiger partial charge in [0, 0.05) is 22.3 Å². The highest BCUT2D eigenvalue weighted by Crippen LogP contribution is 2.25. The first-order valence-electron chi connectivity index (χ1n) is 7.85. The molecule has 3 rings (SSSR count). The van der Waals surface area contributed by atoms with Gasteiger partial charge in [-0.2, -0.15) is 5.10 Å². The molecular formula is C19H18ClN3O2. The number of anilines is 1. The lowest BCUT2D eigenvalue weighted by Gasteiger charge is -2.13. The van der Waals surface area contributed by atoms with Gasteiger partial charge >= 0.3 is 0 Å². The molecule has 0 aliphatic heterocycles. The molecular weight excluding hydrogens is 338 g/mol. The quantitative estimate of drug-likeness (QED) is 0.651. The summed E-state index contributed by atoms with van der Waals surface area (Å²) in [5.41, 5.74) is 2.95. The van der Waals surface area contributed by atoms with E-state index in [1.54, 1.807) is 10.7 Å². The SMILES string of the molecule is Cc1cc(NC=O)nn1Cc1cc(Cl)ccc1OCc1ccccc1. The van der Waals surface area contributed by atoms with Crippen LogP contribution in [-0.2, 0) is 17.9 Å². The average molecular weight is 356 g/mol. The van der Waals surface area contributed by atoms with Gasteiger partial charge in [-0.05, 0) is 30.7 Å². The number of aryl methyl sites for hydroxylation is 1. The Morgan fingerprint density at radius 3 is 2.76 bits per heavy atom. The summed E-state index contributed by atoms with van der Waals surface area (Å²) < 4.78 is 7.77. The maximum Gasteiger partial charge on any atom is 0.212 e. The first kappa shape index (κ1) is 17.0. The Morgan fingerprint density at radius 1 is 1.20 bits per heavy atom. The third-order valence-electron chi connectivity index (χ3n) is 3.77. The van der Waals surface area contributed by atoms with Gasteiger partial charge in [-0.3, -0.25) is 9.48 Å². The van der Waals surface area contributed by atoms with Crippen molar-refractivity contribution in [2.75, 3.05) is 5.32 Å². The fourth-order valence-corrected chi connectivity index (χ4v) is 2.70. The van der Waals surface area contributed by atoms with Gasteiger partial charge in [-0.1, -0.05) is 41.9 Å². The number of aromatic nitrogens is 2. The molecule has 0 spiro atoms. The molecule has 1 amide bonds. The summed E-state index contributed by atoms with van der Waals surface area (Å²) in [5, 5.41) is 7.55. The normalized spacial score (nSPS) is 10.5. The number of rotatable bonds is 7. The molecule has 1 aromatic heterocycles. The van der Waals surface area contributed by atoms with Gasteiger partial charge in [0.25, 0.3) is 0 Å². The predicted octanol–water partition coefficient (Wildman–Crippen LogP) is 4.04. The highest BCUT2D eigenvalue weighted by Gasteiger charge is 2.10. The number of carbonyl (C=O) groups excluding carboxylic acids is 1. The maximum absolute atomic E-state index is 10.6. The number of benzene rings is 2. The molecule has 6 heteroatoms. The molecule has 2 aromatic carbocycles. The Labute approximate surface area is 151 Å². The van der Waals surface area contributed by atoms with Crippen molar-refractivity contribution >= 4 is 23.8 Å². The van der Waals surface area contributed by atoms with Gasteiger partial charge in [0.2, 0.25) is 6.41 Å². The number of carbonyl (C=O) groups is 1. The van der Waals surface area contributed by atoms with Crippen molar-refractivity contribution in [3.05, 3.63) is 76.4 Å². The molecule has 0 saturated heterocycles. The molecule has 0 radical (unpaired) electrons. The van der Waals surface area contributed by atoms with Gasteiger partial charge in [-0.25, -0.2) is 0 Å². The van der Waals surface area contributed by atoms with E-state index in [4.69, 9.17) is 16.3 Å². The number of ether oxygens (including phenoxy) is 1. The largest absolute Gasteiger partial charge is 0.489 e. The van der Waals surface area contributed by atoms with Crippen LogP contribution in [-0.4, -0.2) is 16.2 Å². The summed E-state index contributed by atoms with van der Waals surface area (Å²) in [5.74, 6) is 1.27. The second-order valence-electron chi connectivity index (χ2n) is 5.62. The van der Waals surface area contributed by atoms with Crippen LogP contribution in [0, 0.1) is 6.92 Å². The van der Waals surface area contributed by atoms with E-state index >= 15 is 0 Å². The van der Waals surface area contributed by atoms with E-state index in [0.717, 1.165) is 22.6 Å². The summed E-state index contributed by atoms with van der Waals surface area (Å²) in [4.78, 5) is 10.6. The molecule has 0 aliphatic rings. The second-order valence-corrected chi connectivity index (χ2v) is 6.05.